The van der Waals surface area contributed by atoms with Crippen LogP contribution in [-0.4, -0.2) is 12.6 Å². The van der Waals surface area contributed by atoms with E-state index in [0.717, 1.165) is 25.7 Å². The maximum Gasteiger partial charge on any atom is 0.339 e. The topological polar surface area (TPSA) is 52.3 Å². The summed E-state index contributed by atoms with van der Waals surface area (Å²) < 4.78 is 5.34. The molecule has 1 aromatic rings. The molecule has 1 rings (SSSR count). The van der Waals surface area contributed by atoms with Crippen LogP contribution in [0.15, 0.2) is 18.2 Å². The Hall–Kier alpha value is -1.22. The number of anilines is 1. The second-order valence-electron chi connectivity index (χ2n) is 4.75. The number of unbranched alkanes of at least 4 members (excludes halogenated alkanes) is 1. The Morgan fingerprint density at radius 2 is 2.16 bits per heavy atom. The van der Waals surface area contributed by atoms with Gasteiger partial charge in [-0.15, -0.1) is 0 Å². The summed E-state index contributed by atoms with van der Waals surface area (Å²) in [6.45, 7) is 4.72. The average Bonchev–Trinajstić information content (AvgIpc) is 2.41. The zero-order valence-electron chi connectivity index (χ0n) is 11.6. The second-order valence-corrected chi connectivity index (χ2v) is 5.16. The third kappa shape index (κ3) is 5.11. The first kappa shape index (κ1) is 15.8. The van der Waals surface area contributed by atoms with Crippen molar-refractivity contribution in [3.63, 3.8) is 0 Å². The van der Waals surface area contributed by atoms with Gasteiger partial charge in [0.05, 0.1) is 17.2 Å². The SMILES string of the molecule is CCCCC(CC)COC(=O)c1cc(N)ccc1Cl. The monoisotopic (exact) mass is 283 g/mol. The lowest BCUT2D eigenvalue weighted by Gasteiger charge is -2.15. The summed E-state index contributed by atoms with van der Waals surface area (Å²) in [5.41, 5.74) is 6.50. The van der Waals surface area contributed by atoms with Crippen molar-refractivity contribution in [2.45, 2.75) is 39.5 Å². The summed E-state index contributed by atoms with van der Waals surface area (Å²) in [5, 5.41) is 0.376. The van der Waals surface area contributed by atoms with Crippen molar-refractivity contribution in [2.24, 2.45) is 5.92 Å². The first-order valence-electron chi connectivity index (χ1n) is 6.80. The van der Waals surface area contributed by atoms with Crippen molar-refractivity contribution in [2.75, 3.05) is 12.3 Å². The van der Waals surface area contributed by atoms with E-state index in [-0.39, 0.29) is 0 Å². The molecule has 0 saturated carbocycles. The zero-order valence-corrected chi connectivity index (χ0v) is 12.4. The zero-order chi connectivity index (χ0) is 14.3. The number of benzene rings is 1. The Labute approximate surface area is 120 Å². The van der Waals surface area contributed by atoms with Gasteiger partial charge in [0.25, 0.3) is 0 Å². The van der Waals surface area contributed by atoms with Crippen molar-refractivity contribution < 1.29 is 9.53 Å². The maximum absolute atomic E-state index is 11.9. The summed E-state index contributed by atoms with van der Waals surface area (Å²) in [5.74, 6) is 0.0241. The van der Waals surface area contributed by atoms with Crippen LogP contribution in [0.5, 0.6) is 0 Å². The lowest BCUT2D eigenvalue weighted by molar-refractivity contribution is 0.0428. The first-order chi connectivity index (χ1) is 9.08. The molecule has 0 aliphatic heterocycles. The van der Waals surface area contributed by atoms with Crippen LogP contribution in [0.4, 0.5) is 5.69 Å². The molecule has 1 unspecified atom stereocenters. The highest BCUT2D eigenvalue weighted by atomic mass is 35.5. The number of carbonyl (C=O) groups excluding carboxylic acids is 1. The van der Waals surface area contributed by atoms with Crippen molar-refractivity contribution in [1.29, 1.82) is 0 Å². The van der Waals surface area contributed by atoms with Crippen LogP contribution in [0.2, 0.25) is 5.02 Å². The van der Waals surface area contributed by atoms with Gasteiger partial charge < -0.3 is 10.5 Å². The fourth-order valence-electron chi connectivity index (χ4n) is 1.87. The van der Waals surface area contributed by atoms with Gasteiger partial charge in [0.2, 0.25) is 0 Å². The molecule has 1 atom stereocenters. The Morgan fingerprint density at radius 1 is 1.42 bits per heavy atom. The number of nitrogen functional groups attached to an aromatic ring is 1. The predicted octanol–water partition coefficient (Wildman–Crippen LogP) is 4.30. The van der Waals surface area contributed by atoms with Gasteiger partial charge in [0.15, 0.2) is 0 Å². The number of halogens is 1. The minimum absolute atomic E-state index is 0.340. The van der Waals surface area contributed by atoms with Gasteiger partial charge in [-0.05, 0) is 30.5 Å². The Balaban J connectivity index is 2.56. The molecule has 0 saturated heterocycles. The molecule has 106 valence electrons. The first-order valence-corrected chi connectivity index (χ1v) is 7.18. The van der Waals surface area contributed by atoms with Gasteiger partial charge in [-0.25, -0.2) is 4.79 Å². The molecular weight excluding hydrogens is 262 g/mol. The second kappa shape index (κ2) is 8.05. The van der Waals surface area contributed by atoms with Gasteiger partial charge in [0.1, 0.15) is 0 Å². The van der Waals surface area contributed by atoms with Gasteiger partial charge in [-0.1, -0.05) is 44.7 Å². The Bertz CT molecular complexity index is 421. The molecular formula is C15H22ClNO2. The van der Waals surface area contributed by atoms with Crippen LogP contribution in [0, 0.1) is 5.92 Å². The number of esters is 1. The molecule has 1 aromatic carbocycles. The quantitative estimate of drug-likeness (QED) is 0.600. The number of hydrogen-bond donors (Lipinski definition) is 1. The molecule has 0 fully saturated rings. The van der Waals surface area contributed by atoms with Crippen molar-refractivity contribution in [1.82, 2.24) is 0 Å². The number of rotatable bonds is 7. The molecule has 4 heteroatoms. The molecule has 0 bridgehead atoms. The van der Waals surface area contributed by atoms with E-state index < -0.39 is 5.97 Å². The van der Waals surface area contributed by atoms with Crippen molar-refractivity contribution in [3.8, 4) is 0 Å². The lowest BCUT2D eigenvalue weighted by Crippen LogP contribution is -2.14. The summed E-state index contributed by atoms with van der Waals surface area (Å²) in [4.78, 5) is 11.9. The van der Waals surface area contributed by atoms with Crippen molar-refractivity contribution >= 4 is 23.3 Å². The minimum atomic E-state index is -0.396. The van der Waals surface area contributed by atoms with E-state index in [4.69, 9.17) is 22.1 Å². The number of carbonyl (C=O) groups is 1. The van der Waals surface area contributed by atoms with E-state index in [1.165, 1.54) is 0 Å². The van der Waals surface area contributed by atoms with Crippen LogP contribution >= 0.6 is 11.6 Å². The highest BCUT2D eigenvalue weighted by Crippen LogP contribution is 2.21. The van der Waals surface area contributed by atoms with E-state index in [9.17, 15) is 4.79 Å². The molecule has 0 radical (unpaired) electrons. The summed E-state index contributed by atoms with van der Waals surface area (Å²) in [6, 6.07) is 4.83. The number of nitrogens with two attached hydrogens (primary N) is 1. The number of ether oxygens (including phenoxy) is 1. The molecule has 0 aromatic heterocycles. The van der Waals surface area contributed by atoms with Crippen LogP contribution in [0.25, 0.3) is 0 Å². The standard InChI is InChI=1S/C15H22ClNO2/c1-3-5-6-11(4-2)10-19-15(18)13-9-12(17)7-8-14(13)16/h7-9,11H,3-6,10,17H2,1-2H3. The molecule has 0 aliphatic carbocycles. The third-order valence-corrected chi connectivity index (χ3v) is 3.53. The predicted molar refractivity (Wildman–Crippen MR) is 79.5 cm³/mol. The highest BCUT2D eigenvalue weighted by Gasteiger charge is 2.14. The van der Waals surface area contributed by atoms with Gasteiger partial charge in [-0.2, -0.15) is 0 Å². The third-order valence-electron chi connectivity index (χ3n) is 3.20. The molecule has 0 amide bonds. The van der Waals surface area contributed by atoms with E-state index in [0.29, 0.717) is 28.8 Å². The molecule has 0 aliphatic rings. The minimum Gasteiger partial charge on any atom is -0.462 e. The molecule has 3 nitrogen and oxygen atoms in total. The Kier molecular flexibility index (Phi) is 6.71. The van der Waals surface area contributed by atoms with E-state index >= 15 is 0 Å². The van der Waals surface area contributed by atoms with Crippen molar-refractivity contribution in [3.05, 3.63) is 28.8 Å². The van der Waals surface area contributed by atoms with Crippen LogP contribution in [-0.2, 0) is 4.74 Å². The molecule has 2 N–H and O–H groups in total. The van der Waals surface area contributed by atoms with Gasteiger partial charge in [-0.3, -0.25) is 0 Å². The smallest absolute Gasteiger partial charge is 0.339 e. The normalized spacial score (nSPS) is 12.2. The summed E-state index contributed by atoms with van der Waals surface area (Å²) in [6.07, 6.45) is 4.42. The van der Waals surface area contributed by atoms with Crippen LogP contribution in [0.1, 0.15) is 49.9 Å². The van der Waals surface area contributed by atoms with Gasteiger partial charge >= 0.3 is 5.97 Å². The summed E-state index contributed by atoms with van der Waals surface area (Å²) >= 11 is 5.97. The van der Waals surface area contributed by atoms with E-state index in [2.05, 4.69) is 13.8 Å². The molecule has 0 heterocycles. The molecule has 0 spiro atoms. The van der Waals surface area contributed by atoms with Crippen LogP contribution < -0.4 is 5.73 Å². The van der Waals surface area contributed by atoms with Gasteiger partial charge in [0, 0.05) is 5.69 Å². The lowest BCUT2D eigenvalue weighted by atomic mass is 10.0. The summed E-state index contributed by atoms with van der Waals surface area (Å²) in [7, 11) is 0. The maximum atomic E-state index is 11.9. The average molecular weight is 284 g/mol. The number of hydrogen-bond acceptors (Lipinski definition) is 3. The Morgan fingerprint density at radius 3 is 2.79 bits per heavy atom. The van der Waals surface area contributed by atoms with E-state index in [1.807, 2.05) is 0 Å². The largest absolute Gasteiger partial charge is 0.462 e. The molecule has 19 heavy (non-hydrogen) atoms. The highest BCUT2D eigenvalue weighted by molar-refractivity contribution is 6.33. The fourth-order valence-corrected chi connectivity index (χ4v) is 2.06. The van der Waals surface area contributed by atoms with Crippen LogP contribution in [0.3, 0.4) is 0 Å². The fraction of sp³-hybridized carbons (Fsp3) is 0.533. The van der Waals surface area contributed by atoms with E-state index in [1.54, 1.807) is 18.2 Å².